The van der Waals surface area contributed by atoms with Gasteiger partial charge in [-0.3, -0.25) is 9.10 Å². The zero-order valence-corrected chi connectivity index (χ0v) is 18.3. The number of carbonyl (C=O) groups excluding carboxylic acids is 1. The average molecular weight is 435 g/mol. The van der Waals surface area contributed by atoms with E-state index in [0.717, 1.165) is 19.3 Å². The second-order valence-electron chi connectivity index (χ2n) is 8.02. The van der Waals surface area contributed by atoms with Crippen LogP contribution in [-0.2, 0) is 15.4 Å². The quantitative estimate of drug-likeness (QED) is 0.601. The third kappa shape index (κ3) is 4.21. The Kier molecular flexibility index (Phi) is 5.83. The molecule has 0 aliphatic heterocycles. The van der Waals surface area contributed by atoms with E-state index >= 15 is 0 Å². The van der Waals surface area contributed by atoms with Crippen molar-refractivity contribution in [1.82, 2.24) is 5.32 Å². The van der Waals surface area contributed by atoms with Gasteiger partial charge in [0.2, 0.25) is 0 Å². The van der Waals surface area contributed by atoms with Crippen LogP contribution in [0.1, 0.15) is 35.2 Å². The van der Waals surface area contributed by atoms with Crippen LogP contribution in [0.2, 0.25) is 0 Å². The van der Waals surface area contributed by atoms with E-state index in [4.69, 9.17) is 0 Å². The molecule has 31 heavy (non-hydrogen) atoms. The van der Waals surface area contributed by atoms with Gasteiger partial charge < -0.3 is 5.32 Å². The van der Waals surface area contributed by atoms with E-state index in [9.17, 15) is 13.2 Å². The number of nitrogens with zero attached hydrogens (tertiary/aromatic N) is 1. The summed E-state index contributed by atoms with van der Waals surface area (Å²) in [6.45, 7) is 0.538. The van der Waals surface area contributed by atoms with Crippen LogP contribution in [0.15, 0.2) is 89.8 Å². The van der Waals surface area contributed by atoms with Gasteiger partial charge in [0.15, 0.2) is 0 Å². The van der Waals surface area contributed by atoms with Gasteiger partial charge in [-0.25, -0.2) is 8.42 Å². The molecule has 160 valence electrons. The summed E-state index contributed by atoms with van der Waals surface area (Å²) in [5, 5.41) is 3.03. The summed E-state index contributed by atoms with van der Waals surface area (Å²) in [6, 6.07) is 25.3. The highest BCUT2D eigenvalue weighted by atomic mass is 32.2. The molecule has 1 N–H and O–H groups in total. The van der Waals surface area contributed by atoms with Crippen molar-refractivity contribution < 1.29 is 13.2 Å². The Balaban J connectivity index is 1.51. The molecule has 0 heterocycles. The fraction of sp³-hybridized carbons (Fsp3) is 0.240. The lowest BCUT2D eigenvalue weighted by atomic mass is 9.64. The average Bonchev–Trinajstić information content (AvgIpc) is 2.79. The summed E-state index contributed by atoms with van der Waals surface area (Å²) in [7, 11) is -2.26. The minimum Gasteiger partial charge on any atom is -0.351 e. The second kappa shape index (κ2) is 8.55. The Bertz CT molecular complexity index is 1160. The van der Waals surface area contributed by atoms with Crippen LogP contribution in [0.3, 0.4) is 0 Å². The molecule has 0 aromatic heterocycles. The van der Waals surface area contributed by atoms with Crippen LogP contribution < -0.4 is 9.62 Å². The number of benzene rings is 3. The maximum Gasteiger partial charge on any atom is 0.264 e. The smallest absolute Gasteiger partial charge is 0.264 e. The number of sulfonamides is 1. The normalized spacial score (nSPS) is 15.0. The molecule has 0 spiro atoms. The predicted molar refractivity (Wildman–Crippen MR) is 123 cm³/mol. The Morgan fingerprint density at radius 1 is 0.935 bits per heavy atom. The first-order valence-corrected chi connectivity index (χ1v) is 11.8. The molecule has 0 radical (unpaired) electrons. The van der Waals surface area contributed by atoms with E-state index in [1.165, 1.54) is 29.0 Å². The summed E-state index contributed by atoms with van der Waals surface area (Å²) in [5.74, 6) is -0.262. The van der Waals surface area contributed by atoms with Crippen molar-refractivity contribution in [2.24, 2.45) is 0 Å². The third-order valence-corrected chi connectivity index (χ3v) is 7.94. The summed E-state index contributed by atoms with van der Waals surface area (Å²) in [5.41, 5.74) is 2.10. The molecular weight excluding hydrogens is 408 g/mol. The van der Waals surface area contributed by atoms with E-state index in [1.54, 1.807) is 36.4 Å². The number of hydrogen-bond donors (Lipinski definition) is 1. The van der Waals surface area contributed by atoms with E-state index in [1.807, 2.05) is 24.3 Å². The van der Waals surface area contributed by atoms with Crippen molar-refractivity contribution >= 4 is 21.6 Å². The molecule has 6 heteroatoms. The van der Waals surface area contributed by atoms with Gasteiger partial charge in [0.25, 0.3) is 15.9 Å². The lowest BCUT2D eigenvalue weighted by molar-refractivity contribution is 0.0927. The lowest BCUT2D eigenvalue weighted by Gasteiger charge is -2.42. The highest BCUT2D eigenvalue weighted by Crippen LogP contribution is 2.43. The number of carbonyl (C=O) groups is 1. The number of amides is 1. The zero-order chi connectivity index (χ0) is 21.9. The lowest BCUT2D eigenvalue weighted by Crippen LogP contribution is -2.45. The Morgan fingerprint density at radius 3 is 2.19 bits per heavy atom. The van der Waals surface area contributed by atoms with Gasteiger partial charge >= 0.3 is 0 Å². The van der Waals surface area contributed by atoms with Crippen molar-refractivity contribution in [3.63, 3.8) is 0 Å². The number of para-hydroxylation sites is 1. The van der Waals surface area contributed by atoms with Crippen LogP contribution >= 0.6 is 0 Å². The third-order valence-electron chi connectivity index (χ3n) is 6.16. The van der Waals surface area contributed by atoms with Gasteiger partial charge in [0.1, 0.15) is 0 Å². The molecule has 0 bridgehead atoms. The molecule has 1 aliphatic carbocycles. The first-order chi connectivity index (χ1) is 14.9. The molecule has 0 unspecified atom stereocenters. The first kappa shape index (κ1) is 21.1. The maximum absolute atomic E-state index is 13.1. The fourth-order valence-electron chi connectivity index (χ4n) is 4.05. The number of anilines is 1. The highest BCUT2D eigenvalue weighted by molar-refractivity contribution is 7.92. The second-order valence-corrected chi connectivity index (χ2v) is 9.99. The summed E-state index contributed by atoms with van der Waals surface area (Å²) < 4.78 is 27.3. The minimum absolute atomic E-state index is 0.0336. The van der Waals surface area contributed by atoms with E-state index < -0.39 is 10.0 Å². The molecule has 1 aliphatic rings. The summed E-state index contributed by atoms with van der Waals surface area (Å²) in [6.07, 6.45) is 3.21. The maximum atomic E-state index is 13.1. The standard InChI is InChI=1S/C25H26N2O3S/c1-27(22-13-6-3-7-14-22)31(29,30)23-15-8-10-20(18-23)24(28)26-19-25(16-9-17-25)21-11-4-2-5-12-21/h2-8,10-15,18H,9,16-17,19H2,1H3,(H,26,28). The number of rotatable bonds is 7. The van der Waals surface area contributed by atoms with Gasteiger partial charge in [-0.05, 0) is 48.7 Å². The van der Waals surface area contributed by atoms with Crippen LogP contribution in [0.5, 0.6) is 0 Å². The molecule has 5 nitrogen and oxygen atoms in total. The number of nitrogens with one attached hydrogen (secondary N) is 1. The van der Waals surface area contributed by atoms with Gasteiger partial charge in [-0.1, -0.05) is 61.0 Å². The number of hydrogen-bond acceptors (Lipinski definition) is 3. The van der Waals surface area contributed by atoms with Gasteiger partial charge in [0, 0.05) is 24.6 Å². The molecule has 1 saturated carbocycles. The monoisotopic (exact) mass is 434 g/mol. The molecular formula is C25H26N2O3S. The van der Waals surface area contributed by atoms with E-state index in [2.05, 4.69) is 17.4 Å². The molecule has 1 amide bonds. The fourth-order valence-corrected chi connectivity index (χ4v) is 5.29. The predicted octanol–water partition coefficient (Wildman–Crippen LogP) is 4.36. The van der Waals surface area contributed by atoms with Gasteiger partial charge in [-0.2, -0.15) is 0 Å². The first-order valence-electron chi connectivity index (χ1n) is 10.4. The van der Waals surface area contributed by atoms with Crippen LogP contribution in [0.4, 0.5) is 5.69 Å². The van der Waals surface area contributed by atoms with Crippen molar-refractivity contribution in [3.8, 4) is 0 Å². The molecule has 1 fully saturated rings. The highest BCUT2D eigenvalue weighted by Gasteiger charge is 2.38. The van der Waals surface area contributed by atoms with Crippen molar-refractivity contribution in [1.29, 1.82) is 0 Å². The molecule has 4 rings (SSSR count). The van der Waals surface area contributed by atoms with Crippen LogP contribution in [0.25, 0.3) is 0 Å². The minimum atomic E-state index is -3.77. The zero-order valence-electron chi connectivity index (χ0n) is 17.5. The molecule has 3 aromatic rings. The SMILES string of the molecule is CN(c1ccccc1)S(=O)(=O)c1cccc(C(=O)NCC2(c3ccccc3)CCC2)c1. The Labute approximate surface area is 183 Å². The molecule has 0 atom stereocenters. The summed E-state index contributed by atoms with van der Waals surface area (Å²) in [4.78, 5) is 13.0. The topological polar surface area (TPSA) is 66.5 Å². The van der Waals surface area contributed by atoms with Gasteiger partial charge in [0.05, 0.1) is 10.6 Å². The Morgan fingerprint density at radius 2 is 1.58 bits per heavy atom. The van der Waals surface area contributed by atoms with E-state index in [-0.39, 0.29) is 16.2 Å². The Hall–Kier alpha value is -3.12. The largest absolute Gasteiger partial charge is 0.351 e. The van der Waals surface area contributed by atoms with E-state index in [0.29, 0.717) is 17.8 Å². The molecule has 0 saturated heterocycles. The van der Waals surface area contributed by atoms with Crippen molar-refractivity contribution in [2.45, 2.75) is 29.6 Å². The van der Waals surface area contributed by atoms with Crippen molar-refractivity contribution in [3.05, 3.63) is 96.1 Å². The van der Waals surface area contributed by atoms with Gasteiger partial charge in [-0.15, -0.1) is 0 Å². The molecule has 3 aromatic carbocycles. The van der Waals surface area contributed by atoms with Crippen LogP contribution in [0, 0.1) is 0 Å². The summed E-state index contributed by atoms with van der Waals surface area (Å²) >= 11 is 0. The van der Waals surface area contributed by atoms with Crippen molar-refractivity contribution in [2.75, 3.05) is 17.9 Å². The van der Waals surface area contributed by atoms with Crippen LogP contribution in [-0.4, -0.2) is 27.9 Å².